The minimum Gasteiger partial charge on any atom is -0.330 e. The molecule has 0 spiro atoms. The zero-order valence-corrected chi connectivity index (χ0v) is 11.2. The highest BCUT2D eigenvalue weighted by Crippen LogP contribution is 2.23. The van der Waals surface area contributed by atoms with Crippen molar-refractivity contribution in [3.8, 4) is 0 Å². The van der Waals surface area contributed by atoms with Gasteiger partial charge in [-0.2, -0.15) is 0 Å². The molecule has 0 aliphatic rings. The standard InChI is InChI=1S/C14H17N3S/c1-11-7-8-16-14(17-11)18-10-13(9-15)12-5-3-2-4-6-12/h2-8,13H,9-10,15H2,1H3. The molecule has 94 valence electrons. The molecule has 0 amide bonds. The molecule has 18 heavy (non-hydrogen) atoms. The zero-order chi connectivity index (χ0) is 12.8. The summed E-state index contributed by atoms with van der Waals surface area (Å²) >= 11 is 1.66. The van der Waals surface area contributed by atoms with Crippen LogP contribution in [-0.4, -0.2) is 22.3 Å². The topological polar surface area (TPSA) is 51.8 Å². The molecular formula is C14H17N3S. The molecule has 0 aliphatic heterocycles. The van der Waals surface area contributed by atoms with E-state index in [0.717, 1.165) is 16.6 Å². The Balaban J connectivity index is 2.00. The van der Waals surface area contributed by atoms with Gasteiger partial charge in [0.15, 0.2) is 5.16 Å². The van der Waals surface area contributed by atoms with E-state index in [9.17, 15) is 0 Å². The Bertz CT molecular complexity index is 487. The van der Waals surface area contributed by atoms with Crippen molar-refractivity contribution in [3.63, 3.8) is 0 Å². The van der Waals surface area contributed by atoms with E-state index in [4.69, 9.17) is 5.73 Å². The van der Waals surface area contributed by atoms with E-state index >= 15 is 0 Å². The van der Waals surface area contributed by atoms with Gasteiger partial charge in [-0.15, -0.1) is 0 Å². The van der Waals surface area contributed by atoms with Crippen molar-refractivity contribution in [2.45, 2.75) is 18.0 Å². The van der Waals surface area contributed by atoms with Crippen molar-refractivity contribution in [2.75, 3.05) is 12.3 Å². The minimum atomic E-state index is 0.348. The number of rotatable bonds is 5. The van der Waals surface area contributed by atoms with Crippen molar-refractivity contribution in [3.05, 3.63) is 53.9 Å². The Labute approximate surface area is 112 Å². The maximum Gasteiger partial charge on any atom is 0.187 e. The van der Waals surface area contributed by atoms with Crippen LogP contribution < -0.4 is 5.73 Å². The molecule has 1 unspecified atom stereocenters. The number of benzene rings is 1. The normalized spacial score (nSPS) is 12.3. The fourth-order valence-corrected chi connectivity index (χ4v) is 2.72. The number of aromatic nitrogens is 2. The van der Waals surface area contributed by atoms with Crippen molar-refractivity contribution in [1.29, 1.82) is 0 Å². The Hall–Kier alpha value is -1.39. The summed E-state index contributed by atoms with van der Waals surface area (Å²) in [5.74, 6) is 1.25. The fourth-order valence-electron chi connectivity index (χ4n) is 1.70. The van der Waals surface area contributed by atoms with Crippen LogP contribution >= 0.6 is 11.8 Å². The van der Waals surface area contributed by atoms with Gasteiger partial charge in [0.2, 0.25) is 0 Å². The third kappa shape index (κ3) is 3.55. The first-order chi connectivity index (χ1) is 8.79. The van der Waals surface area contributed by atoms with Crippen LogP contribution in [0.3, 0.4) is 0 Å². The fraction of sp³-hybridized carbons (Fsp3) is 0.286. The van der Waals surface area contributed by atoms with Crippen LogP contribution in [0.4, 0.5) is 0 Å². The molecule has 3 nitrogen and oxygen atoms in total. The lowest BCUT2D eigenvalue weighted by Crippen LogP contribution is -2.14. The molecule has 4 heteroatoms. The number of hydrogen-bond donors (Lipinski definition) is 1. The smallest absolute Gasteiger partial charge is 0.187 e. The number of aryl methyl sites for hydroxylation is 1. The molecule has 2 rings (SSSR count). The highest BCUT2D eigenvalue weighted by molar-refractivity contribution is 7.99. The summed E-state index contributed by atoms with van der Waals surface area (Å²) in [6.45, 7) is 2.62. The van der Waals surface area contributed by atoms with Gasteiger partial charge in [-0.3, -0.25) is 0 Å². The molecule has 1 aromatic carbocycles. The second-order valence-electron chi connectivity index (χ2n) is 4.13. The molecular weight excluding hydrogens is 242 g/mol. The quantitative estimate of drug-likeness (QED) is 0.662. The first-order valence-corrected chi connectivity index (χ1v) is 6.95. The Morgan fingerprint density at radius 1 is 1.22 bits per heavy atom. The molecule has 0 fully saturated rings. The van der Waals surface area contributed by atoms with Crippen molar-refractivity contribution < 1.29 is 0 Å². The lowest BCUT2D eigenvalue weighted by atomic mass is 10.0. The predicted octanol–water partition coefficient (Wildman–Crippen LogP) is 2.62. The van der Waals surface area contributed by atoms with Gasteiger partial charge in [0.1, 0.15) is 0 Å². The molecule has 1 heterocycles. The Kier molecular flexibility index (Phi) is 4.73. The van der Waals surface area contributed by atoms with Crippen LogP contribution in [0.5, 0.6) is 0 Å². The van der Waals surface area contributed by atoms with Crippen LogP contribution in [-0.2, 0) is 0 Å². The summed E-state index contributed by atoms with van der Waals surface area (Å²) in [6, 6.07) is 12.3. The molecule has 2 aromatic rings. The largest absolute Gasteiger partial charge is 0.330 e. The van der Waals surface area contributed by atoms with E-state index in [-0.39, 0.29) is 0 Å². The number of hydrogen-bond acceptors (Lipinski definition) is 4. The number of nitrogens with zero attached hydrogens (tertiary/aromatic N) is 2. The van der Waals surface area contributed by atoms with Gasteiger partial charge in [-0.25, -0.2) is 9.97 Å². The van der Waals surface area contributed by atoms with E-state index in [2.05, 4.69) is 22.1 Å². The molecule has 0 saturated carbocycles. The van der Waals surface area contributed by atoms with Crippen LogP contribution in [0, 0.1) is 6.92 Å². The monoisotopic (exact) mass is 259 g/mol. The van der Waals surface area contributed by atoms with Crippen LogP contribution in [0.1, 0.15) is 17.2 Å². The minimum absolute atomic E-state index is 0.348. The van der Waals surface area contributed by atoms with Gasteiger partial charge in [-0.05, 0) is 25.1 Å². The third-order valence-electron chi connectivity index (χ3n) is 2.74. The zero-order valence-electron chi connectivity index (χ0n) is 10.4. The van der Waals surface area contributed by atoms with Gasteiger partial charge in [-0.1, -0.05) is 42.1 Å². The van der Waals surface area contributed by atoms with E-state index in [0.29, 0.717) is 12.5 Å². The SMILES string of the molecule is Cc1ccnc(SCC(CN)c2ccccc2)n1. The summed E-state index contributed by atoms with van der Waals surface area (Å²) < 4.78 is 0. The first-order valence-electron chi connectivity index (χ1n) is 5.97. The third-order valence-corrected chi connectivity index (χ3v) is 3.77. The summed E-state index contributed by atoms with van der Waals surface area (Å²) in [5.41, 5.74) is 8.12. The summed E-state index contributed by atoms with van der Waals surface area (Å²) in [6.07, 6.45) is 1.80. The predicted molar refractivity (Wildman–Crippen MR) is 75.7 cm³/mol. The molecule has 0 radical (unpaired) electrons. The second kappa shape index (κ2) is 6.52. The van der Waals surface area contributed by atoms with Gasteiger partial charge < -0.3 is 5.73 Å². The van der Waals surface area contributed by atoms with Gasteiger partial charge in [0, 0.05) is 23.6 Å². The summed E-state index contributed by atoms with van der Waals surface area (Å²) in [5, 5.41) is 0.824. The Morgan fingerprint density at radius 2 is 2.00 bits per heavy atom. The lowest BCUT2D eigenvalue weighted by molar-refractivity contribution is 0.782. The average molecular weight is 259 g/mol. The van der Waals surface area contributed by atoms with Crippen molar-refractivity contribution in [2.24, 2.45) is 5.73 Å². The second-order valence-corrected chi connectivity index (χ2v) is 5.12. The molecule has 1 atom stereocenters. The summed E-state index contributed by atoms with van der Waals surface area (Å²) in [7, 11) is 0. The van der Waals surface area contributed by atoms with Crippen LogP contribution in [0.25, 0.3) is 0 Å². The summed E-state index contributed by atoms with van der Waals surface area (Å²) in [4.78, 5) is 8.63. The highest BCUT2D eigenvalue weighted by Gasteiger charge is 2.10. The molecule has 0 aliphatic carbocycles. The lowest BCUT2D eigenvalue weighted by Gasteiger charge is -2.14. The van der Waals surface area contributed by atoms with E-state index < -0.39 is 0 Å². The average Bonchev–Trinajstić information content (AvgIpc) is 2.41. The van der Waals surface area contributed by atoms with E-state index in [1.165, 1.54) is 5.56 Å². The maximum absolute atomic E-state index is 5.84. The Morgan fingerprint density at radius 3 is 2.67 bits per heavy atom. The van der Waals surface area contributed by atoms with Crippen molar-refractivity contribution in [1.82, 2.24) is 9.97 Å². The van der Waals surface area contributed by atoms with Gasteiger partial charge in [0.25, 0.3) is 0 Å². The molecule has 0 saturated heterocycles. The number of nitrogens with two attached hydrogens (primary N) is 1. The van der Waals surface area contributed by atoms with Crippen LogP contribution in [0.15, 0.2) is 47.8 Å². The van der Waals surface area contributed by atoms with Gasteiger partial charge in [0.05, 0.1) is 0 Å². The van der Waals surface area contributed by atoms with Crippen molar-refractivity contribution >= 4 is 11.8 Å². The number of thioether (sulfide) groups is 1. The maximum atomic E-state index is 5.84. The van der Waals surface area contributed by atoms with Crippen LogP contribution in [0.2, 0.25) is 0 Å². The highest BCUT2D eigenvalue weighted by atomic mass is 32.2. The first kappa shape index (κ1) is 13.1. The molecule has 0 bridgehead atoms. The van der Waals surface area contributed by atoms with Gasteiger partial charge >= 0.3 is 0 Å². The molecule has 2 N–H and O–H groups in total. The molecule has 1 aromatic heterocycles. The van der Waals surface area contributed by atoms with E-state index in [1.54, 1.807) is 18.0 Å². The van der Waals surface area contributed by atoms with E-state index in [1.807, 2.05) is 31.2 Å².